The smallest absolute Gasteiger partial charge is 0.0669 e. The normalized spacial score (nSPS) is 9.92. The van der Waals surface area contributed by atoms with Crippen molar-refractivity contribution in [3.05, 3.63) is 35.2 Å². The maximum atomic E-state index is 8.50. The second kappa shape index (κ2) is 2.96. The van der Waals surface area contributed by atoms with E-state index in [1.807, 2.05) is 6.07 Å². The standard InChI is InChI=1S/C10H7NS/c11-5-3-8-1-2-9-4-6-12-10(9)7-8/h1-2,4,6-7H,3H2. The van der Waals surface area contributed by atoms with Gasteiger partial charge in [-0.1, -0.05) is 12.1 Å². The maximum absolute atomic E-state index is 8.50. The molecule has 0 atom stereocenters. The average molecular weight is 173 g/mol. The summed E-state index contributed by atoms with van der Waals surface area (Å²) in [5.74, 6) is 0. The molecule has 0 bridgehead atoms. The molecule has 2 rings (SSSR count). The van der Waals surface area contributed by atoms with Crippen molar-refractivity contribution in [3.8, 4) is 6.07 Å². The summed E-state index contributed by atoms with van der Waals surface area (Å²) in [6, 6.07) is 10.4. The van der Waals surface area contributed by atoms with Gasteiger partial charge in [-0.3, -0.25) is 0 Å². The molecule has 0 unspecified atom stereocenters. The molecular weight excluding hydrogens is 166 g/mol. The number of rotatable bonds is 1. The van der Waals surface area contributed by atoms with E-state index in [-0.39, 0.29) is 0 Å². The van der Waals surface area contributed by atoms with Crippen LogP contribution in [0.2, 0.25) is 0 Å². The first-order chi connectivity index (χ1) is 5.90. The highest BCUT2D eigenvalue weighted by molar-refractivity contribution is 7.17. The van der Waals surface area contributed by atoms with Crippen molar-refractivity contribution in [3.63, 3.8) is 0 Å². The predicted molar refractivity (Wildman–Crippen MR) is 51.1 cm³/mol. The zero-order chi connectivity index (χ0) is 8.39. The van der Waals surface area contributed by atoms with Crippen LogP contribution < -0.4 is 0 Å². The van der Waals surface area contributed by atoms with Gasteiger partial charge in [0.2, 0.25) is 0 Å². The molecule has 12 heavy (non-hydrogen) atoms. The lowest BCUT2D eigenvalue weighted by atomic mass is 10.1. The lowest BCUT2D eigenvalue weighted by Crippen LogP contribution is -1.78. The van der Waals surface area contributed by atoms with E-state index < -0.39 is 0 Å². The van der Waals surface area contributed by atoms with Crippen LogP contribution in [0.5, 0.6) is 0 Å². The van der Waals surface area contributed by atoms with Crippen LogP contribution in [-0.2, 0) is 6.42 Å². The number of thiophene rings is 1. The molecule has 58 valence electrons. The van der Waals surface area contributed by atoms with E-state index in [1.165, 1.54) is 10.1 Å². The van der Waals surface area contributed by atoms with Gasteiger partial charge in [-0.2, -0.15) is 5.26 Å². The third-order valence-electron chi connectivity index (χ3n) is 1.80. The zero-order valence-electron chi connectivity index (χ0n) is 6.45. The molecular formula is C10H7NS. The molecule has 1 heterocycles. The molecule has 1 nitrogen and oxygen atoms in total. The monoisotopic (exact) mass is 173 g/mol. The zero-order valence-corrected chi connectivity index (χ0v) is 7.27. The fourth-order valence-corrected chi connectivity index (χ4v) is 2.05. The van der Waals surface area contributed by atoms with E-state index in [0.29, 0.717) is 6.42 Å². The number of hydrogen-bond acceptors (Lipinski definition) is 2. The van der Waals surface area contributed by atoms with Gasteiger partial charge in [0.15, 0.2) is 0 Å². The summed E-state index contributed by atoms with van der Waals surface area (Å²) in [6.45, 7) is 0. The highest BCUT2D eigenvalue weighted by atomic mass is 32.1. The van der Waals surface area contributed by atoms with Crippen molar-refractivity contribution >= 4 is 21.4 Å². The van der Waals surface area contributed by atoms with Gasteiger partial charge in [0.05, 0.1) is 12.5 Å². The second-order valence-corrected chi connectivity index (χ2v) is 3.58. The van der Waals surface area contributed by atoms with Gasteiger partial charge in [0, 0.05) is 4.70 Å². The fourth-order valence-electron chi connectivity index (χ4n) is 1.20. The molecule has 0 amide bonds. The first-order valence-electron chi connectivity index (χ1n) is 3.73. The van der Waals surface area contributed by atoms with Crippen LogP contribution in [0.25, 0.3) is 10.1 Å². The second-order valence-electron chi connectivity index (χ2n) is 2.63. The van der Waals surface area contributed by atoms with Gasteiger partial charge in [-0.05, 0) is 28.5 Å². The largest absolute Gasteiger partial charge is 0.198 e. The van der Waals surface area contributed by atoms with Gasteiger partial charge in [-0.15, -0.1) is 11.3 Å². The molecule has 0 aliphatic rings. The minimum absolute atomic E-state index is 0.508. The molecule has 0 saturated heterocycles. The highest BCUT2D eigenvalue weighted by Gasteiger charge is 1.96. The molecule has 1 aromatic heterocycles. The molecule has 0 fully saturated rings. The quantitative estimate of drug-likeness (QED) is 0.650. The third-order valence-corrected chi connectivity index (χ3v) is 2.68. The van der Waals surface area contributed by atoms with Crippen LogP contribution in [0, 0.1) is 11.3 Å². The van der Waals surface area contributed by atoms with E-state index in [9.17, 15) is 0 Å². The van der Waals surface area contributed by atoms with Crippen molar-refractivity contribution < 1.29 is 0 Å². The first kappa shape index (κ1) is 7.33. The molecule has 0 radical (unpaired) electrons. The number of fused-ring (bicyclic) bond motifs is 1. The van der Waals surface area contributed by atoms with E-state index in [0.717, 1.165) is 5.56 Å². The van der Waals surface area contributed by atoms with Crippen molar-refractivity contribution in [2.24, 2.45) is 0 Å². The van der Waals surface area contributed by atoms with Crippen molar-refractivity contribution in [1.82, 2.24) is 0 Å². The van der Waals surface area contributed by atoms with Crippen molar-refractivity contribution in [2.75, 3.05) is 0 Å². The number of nitrogens with zero attached hydrogens (tertiary/aromatic N) is 1. The Morgan fingerprint density at radius 1 is 1.33 bits per heavy atom. The maximum Gasteiger partial charge on any atom is 0.0669 e. The van der Waals surface area contributed by atoms with Gasteiger partial charge < -0.3 is 0 Å². The Labute approximate surface area is 74.9 Å². The summed E-state index contributed by atoms with van der Waals surface area (Å²) in [5, 5.41) is 11.8. The molecule has 0 saturated carbocycles. The summed E-state index contributed by atoms with van der Waals surface area (Å²) < 4.78 is 1.27. The molecule has 2 aromatic rings. The first-order valence-corrected chi connectivity index (χ1v) is 4.61. The highest BCUT2D eigenvalue weighted by Crippen LogP contribution is 2.21. The van der Waals surface area contributed by atoms with E-state index in [1.54, 1.807) is 11.3 Å². The van der Waals surface area contributed by atoms with Gasteiger partial charge in [-0.25, -0.2) is 0 Å². The van der Waals surface area contributed by atoms with Crippen molar-refractivity contribution in [2.45, 2.75) is 6.42 Å². The molecule has 0 aliphatic heterocycles. The van der Waals surface area contributed by atoms with Crippen LogP contribution in [0.1, 0.15) is 5.56 Å². The van der Waals surface area contributed by atoms with Crippen LogP contribution in [0.15, 0.2) is 29.6 Å². The Morgan fingerprint density at radius 2 is 2.25 bits per heavy atom. The van der Waals surface area contributed by atoms with E-state index in [4.69, 9.17) is 5.26 Å². The predicted octanol–water partition coefficient (Wildman–Crippen LogP) is 2.97. The summed E-state index contributed by atoms with van der Waals surface area (Å²) in [5.41, 5.74) is 1.10. The number of benzene rings is 1. The van der Waals surface area contributed by atoms with E-state index in [2.05, 4.69) is 29.6 Å². The summed E-state index contributed by atoms with van der Waals surface area (Å²) in [7, 11) is 0. The molecule has 1 aromatic carbocycles. The summed E-state index contributed by atoms with van der Waals surface area (Å²) in [4.78, 5) is 0. The topological polar surface area (TPSA) is 23.8 Å². The summed E-state index contributed by atoms with van der Waals surface area (Å²) >= 11 is 1.72. The van der Waals surface area contributed by atoms with Crippen LogP contribution >= 0.6 is 11.3 Å². The lowest BCUT2D eigenvalue weighted by molar-refractivity contribution is 1.27. The molecule has 0 spiro atoms. The van der Waals surface area contributed by atoms with Crippen molar-refractivity contribution in [1.29, 1.82) is 5.26 Å². The Morgan fingerprint density at radius 3 is 3.08 bits per heavy atom. The van der Waals surface area contributed by atoms with Crippen LogP contribution in [-0.4, -0.2) is 0 Å². The van der Waals surface area contributed by atoms with E-state index >= 15 is 0 Å². The third kappa shape index (κ3) is 1.19. The summed E-state index contributed by atoms with van der Waals surface area (Å²) in [6.07, 6.45) is 0.508. The Hall–Kier alpha value is -1.33. The average Bonchev–Trinajstić information content (AvgIpc) is 2.51. The van der Waals surface area contributed by atoms with Gasteiger partial charge in [0.25, 0.3) is 0 Å². The van der Waals surface area contributed by atoms with Gasteiger partial charge >= 0.3 is 0 Å². The number of nitriles is 1. The minimum atomic E-state index is 0.508. The molecule has 0 aliphatic carbocycles. The minimum Gasteiger partial charge on any atom is -0.198 e. The SMILES string of the molecule is N#CCc1ccc2ccsc2c1. The van der Waals surface area contributed by atoms with Crippen LogP contribution in [0.4, 0.5) is 0 Å². The Balaban J connectivity index is 2.54. The van der Waals surface area contributed by atoms with Crippen LogP contribution in [0.3, 0.4) is 0 Å². The fraction of sp³-hybridized carbons (Fsp3) is 0.100. The Kier molecular flexibility index (Phi) is 1.81. The number of hydrogen-bond donors (Lipinski definition) is 0. The Bertz CT molecular complexity index is 436. The molecule has 2 heteroatoms. The molecule has 0 N–H and O–H groups in total. The lowest BCUT2D eigenvalue weighted by Gasteiger charge is -1.93. The van der Waals surface area contributed by atoms with Gasteiger partial charge in [0.1, 0.15) is 0 Å².